The summed E-state index contributed by atoms with van der Waals surface area (Å²) in [5.74, 6) is 1.08. The highest BCUT2D eigenvalue weighted by atomic mass is 16.4. The third-order valence-corrected chi connectivity index (χ3v) is 6.66. The van der Waals surface area contributed by atoms with Gasteiger partial charge in [0.15, 0.2) is 0 Å². The smallest absolute Gasteiger partial charge is 0.115 e. The van der Waals surface area contributed by atoms with E-state index < -0.39 is 18.8 Å². The van der Waals surface area contributed by atoms with E-state index in [1.54, 1.807) is 0 Å². The Labute approximate surface area is 192 Å². The molecule has 0 amide bonds. The molecule has 180 valence electrons. The zero-order valence-corrected chi connectivity index (χ0v) is 20.2. The van der Waals surface area contributed by atoms with Crippen LogP contribution in [0.1, 0.15) is 115 Å². The first kappa shape index (κ1) is 28.1. The van der Waals surface area contributed by atoms with Crippen molar-refractivity contribution in [1.29, 1.82) is 0 Å². The van der Waals surface area contributed by atoms with E-state index in [2.05, 4.69) is 6.92 Å². The predicted octanol–water partition coefficient (Wildman–Crippen LogP) is 6.82. The van der Waals surface area contributed by atoms with Gasteiger partial charge < -0.3 is 15.3 Å². The van der Waals surface area contributed by atoms with Gasteiger partial charge in [-0.3, -0.25) is 0 Å². The molecular formula is C28H50O3. The summed E-state index contributed by atoms with van der Waals surface area (Å²) >= 11 is 0. The highest BCUT2D eigenvalue weighted by molar-refractivity contribution is 5.17. The quantitative estimate of drug-likeness (QED) is 0.335. The lowest BCUT2D eigenvalue weighted by Crippen LogP contribution is -2.39. The Morgan fingerprint density at radius 1 is 0.742 bits per heavy atom. The van der Waals surface area contributed by atoms with Crippen LogP contribution in [0.15, 0.2) is 30.3 Å². The summed E-state index contributed by atoms with van der Waals surface area (Å²) in [6.07, 6.45) is 24.2. The van der Waals surface area contributed by atoms with Gasteiger partial charge >= 0.3 is 0 Å². The molecule has 0 aromatic heterocycles. The topological polar surface area (TPSA) is 60.7 Å². The highest BCUT2D eigenvalue weighted by Crippen LogP contribution is 2.26. The molecule has 1 saturated carbocycles. The maximum atomic E-state index is 9.58. The monoisotopic (exact) mass is 434 g/mol. The van der Waals surface area contributed by atoms with E-state index in [4.69, 9.17) is 10.2 Å². The fourth-order valence-electron chi connectivity index (χ4n) is 4.53. The standard InChI is InChI=1S/C18H36.C10H14O3/c1-2-3-4-5-9-12-15-18-16-13-10-7-6-8-11-14-17-18;11-7-10(13,8-12)6-9-4-2-1-3-5-9/h18H,2-17H2,1H3;1-5,11-13H,6-8H2. The van der Waals surface area contributed by atoms with Crippen LogP contribution in [0.3, 0.4) is 0 Å². The van der Waals surface area contributed by atoms with Gasteiger partial charge in [-0.15, -0.1) is 0 Å². The lowest BCUT2D eigenvalue weighted by molar-refractivity contribution is -0.0539. The zero-order chi connectivity index (χ0) is 22.6. The molecule has 1 aromatic rings. The van der Waals surface area contributed by atoms with Gasteiger partial charge in [0, 0.05) is 6.42 Å². The number of benzene rings is 1. The van der Waals surface area contributed by atoms with Crippen LogP contribution in [-0.4, -0.2) is 34.1 Å². The van der Waals surface area contributed by atoms with Crippen LogP contribution in [0, 0.1) is 5.92 Å². The average Bonchev–Trinajstić information content (AvgIpc) is 2.81. The largest absolute Gasteiger partial charge is 0.393 e. The minimum atomic E-state index is -1.40. The van der Waals surface area contributed by atoms with E-state index in [1.165, 1.54) is 103 Å². The molecule has 3 heteroatoms. The molecule has 1 fully saturated rings. The van der Waals surface area contributed by atoms with Crippen molar-refractivity contribution < 1.29 is 15.3 Å². The van der Waals surface area contributed by atoms with Crippen LogP contribution in [0.5, 0.6) is 0 Å². The second-order valence-electron chi connectivity index (χ2n) is 9.68. The number of aliphatic hydroxyl groups is 3. The fraction of sp³-hybridized carbons (Fsp3) is 0.786. The molecule has 0 atom stereocenters. The molecule has 0 saturated heterocycles. The van der Waals surface area contributed by atoms with Crippen molar-refractivity contribution in [3.63, 3.8) is 0 Å². The van der Waals surface area contributed by atoms with E-state index >= 15 is 0 Å². The van der Waals surface area contributed by atoms with Gasteiger partial charge in [0.05, 0.1) is 13.2 Å². The predicted molar refractivity (Wildman–Crippen MR) is 132 cm³/mol. The van der Waals surface area contributed by atoms with Crippen molar-refractivity contribution in [2.24, 2.45) is 5.92 Å². The number of hydrogen-bond acceptors (Lipinski definition) is 3. The summed E-state index contributed by atoms with van der Waals surface area (Å²) in [6.45, 7) is 1.44. The van der Waals surface area contributed by atoms with Crippen LogP contribution in [0.2, 0.25) is 0 Å². The molecule has 1 aliphatic carbocycles. The van der Waals surface area contributed by atoms with Gasteiger partial charge in [0.1, 0.15) is 5.60 Å². The normalized spacial score (nSPS) is 16.4. The molecule has 1 aromatic carbocycles. The number of rotatable bonds is 11. The minimum Gasteiger partial charge on any atom is -0.393 e. The molecule has 0 bridgehead atoms. The van der Waals surface area contributed by atoms with Gasteiger partial charge in [-0.25, -0.2) is 0 Å². The number of aliphatic hydroxyl groups excluding tert-OH is 2. The summed E-state index contributed by atoms with van der Waals surface area (Å²) in [6, 6.07) is 9.27. The molecule has 3 nitrogen and oxygen atoms in total. The molecule has 2 rings (SSSR count). The van der Waals surface area contributed by atoms with E-state index in [0.717, 1.165) is 11.5 Å². The van der Waals surface area contributed by atoms with Crippen molar-refractivity contribution >= 4 is 0 Å². The Morgan fingerprint density at radius 2 is 1.26 bits per heavy atom. The van der Waals surface area contributed by atoms with E-state index in [-0.39, 0.29) is 6.42 Å². The van der Waals surface area contributed by atoms with Gasteiger partial charge in [-0.05, 0) is 11.5 Å². The number of unbranched alkanes of at least 4 members (excludes halogenated alkanes) is 5. The first-order valence-electron chi connectivity index (χ1n) is 13.1. The average molecular weight is 435 g/mol. The Balaban J connectivity index is 0.000000327. The summed E-state index contributed by atoms with van der Waals surface area (Å²) in [5, 5.41) is 27.3. The third kappa shape index (κ3) is 14.7. The lowest BCUT2D eigenvalue weighted by Gasteiger charge is -2.22. The van der Waals surface area contributed by atoms with Crippen molar-refractivity contribution in [1.82, 2.24) is 0 Å². The Hall–Kier alpha value is -0.900. The second-order valence-corrected chi connectivity index (χ2v) is 9.68. The van der Waals surface area contributed by atoms with Crippen LogP contribution in [-0.2, 0) is 6.42 Å². The third-order valence-electron chi connectivity index (χ3n) is 6.66. The number of hydrogen-bond donors (Lipinski definition) is 3. The molecule has 0 aliphatic heterocycles. The zero-order valence-electron chi connectivity index (χ0n) is 20.2. The van der Waals surface area contributed by atoms with Crippen LogP contribution < -0.4 is 0 Å². The minimum absolute atomic E-state index is 0.265. The van der Waals surface area contributed by atoms with Crippen molar-refractivity contribution in [2.75, 3.05) is 13.2 Å². The molecule has 0 unspecified atom stereocenters. The lowest BCUT2D eigenvalue weighted by atomic mass is 9.88. The molecule has 0 heterocycles. The summed E-state index contributed by atoms with van der Waals surface area (Å²) in [4.78, 5) is 0. The summed E-state index contributed by atoms with van der Waals surface area (Å²) < 4.78 is 0. The molecule has 31 heavy (non-hydrogen) atoms. The first-order valence-corrected chi connectivity index (χ1v) is 13.1. The SMILES string of the molecule is CCCCCCCCC1CCCCCCCCC1.OCC(O)(CO)Cc1ccccc1. The van der Waals surface area contributed by atoms with Crippen molar-refractivity contribution in [3.8, 4) is 0 Å². The highest BCUT2D eigenvalue weighted by Gasteiger charge is 2.25. The first-order chi connectivity index (χ1) is 15.1. The van der Waals surface area contributed by atoms with E-state index in [0.29, 0.717) is 0 Å². The molecule has 3 N–H and O–H groups in total. The van der Waals surface area contributed by atoms with Crippen molar-refractivity contribution in [2.45, 2.75) is 122 Å². The molecule has 1 aliphatic rings. The molecule has 0 radical (unpaired) electrons. The summed E-state index contributed by atoms with van der Waals surface area (Å²) in [5.41, 5.74) is -0.505. The summed E-state index contributed by atoms with van der Waals surface area (Å²) in [7, 11) is 0. The van der Waals surface area contributed by atoms with E-state index in [1.807, 2.05) is 30.3 Å². The maximum Gasteiger partial charge on any atom is 0.115 e. The Morgan fingerprint density at radius 3 is 1.81 bits per heavy atom. The van der Waals surface area contributed by atoms with Crippen LogP contribution in [0.25, 0.3) is 0 Å². The van der Waals surface area contributed by atoms with Crippen LogP contribution in [0.4, 0.5) is 0 Å². The Kier molecular flexibility index (Phi) is 16.9. The maximum absolute atomic E-state index is 9.58. The van der Waals surface area contributed by atoms with Gasteiger partial charge in [-0.2, -0.15) is 0 Å². The van der Waals surface area contributed by atoms with Gasteiger partial charge in [0.2, 0.25) is 0 Å². The van der Waals surface area contributed by atoms with Crippen molar-refractivity contribution in [3.05, 3.63) is 35.9 Å². The van der Waals surface area contributed by atoms with Gasteiger partial charge in [-0.1, -0.05) is 140 Å². The van der Waals surface area contributed by atoms with Gasteiger partial charge in [0.25, 0.3) is 0 Å². The Bertz CT molecular complexity index is 488. The fourth-order valence-corrected chi connectivity index (χ4v) is 4.53. The second kappa shape index (κ2) is 18.7. The molecular weight excluding hydrogens is 384 g/mol. The molecule has 0 spiro atoms. The van der Waals surface area contributed by atoms with E-state index in [9.17, 15) is 5.11 Å². The van der Waals surface area contributed by atoms with Crippen LogP contribution >= 0.6 is 0 Å².